The Bertz CT molecular complexity index is 656. The average molecular weight is 314 g/mol. The number of carbonyl (C=O) groups is 2. The number of amides is 2. The number of aliphatic hydroxyl groups is 1. The van der Waals surface area contributed by atoms with Crippen LogP contribution in [0.5, 0.6) is 5.75 Å². The molecular weight excluding hydrogens is 296 g/mol. The first-order valence-corrected chi connectivity index (χ1v) is 7.14. The van der Waals surface area contributed by atoms with E-state index in [0.29, 0.717) is 12.1 Å². The van der Waals surface area contributed by atoms with Crippen molar-refractivity contribution in [2.24, 2.45) is 0 Å². The number of carbonyl (C=O) groups excluding carboxylic acids is 2. The maximum absolute atomic E-state index is 11.9. The molecule has 0 aliphatic rings. The third-order valence-corrected chi connectivity index (χ3v) is 3.21. The van der Waals surface area contributed by atoms with Crippen LogP contribution in [0.25, 0.3) is 0 Å². The number of phenolic OH excluding ortho intramolecular Hbond substituents is 1. The lowest BCUT2D eigenvalue weighted by atomic mass is 10.1. The van der Waals surface area contributed by atoms with Gasteiger partial charge in [-0.2, -0.15) is 0 Å². The van der Waals surface area contributed by atoms with Crippen LogP contribution in [-0.2, 0) is 16.0 Å². The van der Waals surface area contributed by atoms with Gasteiger partial charge in [0.15, 0.2) is 0 Å². The van der Waals surface area contributed by atoms with E-state index in [1.807, 2.05) is 30.3 Å². The molecule has 0 saturated heterocycles. The lowest BCUT2D eigenvalue weighted by molar-refractivity contribution is -0.136. The van der Waals surface area contributed by atoms with Crippen molar-refractivity contribution >= 4 is 17.5 Å². The van der Waals surface area contributed by atoms with Crippen molar-refractivity contribution in [1.82, 2.24) is 5.32 Å². The standard InChI is InChI=1S/C17H18N2O4/c20-11-14(10-12-4-2-1-3-5-12)19-17(23)16(22)18-13-6-8-15(21)9-7-13/h1-9,14,20-21H,10-11H2,(H,18,22)(H,19,23)/t14-/m0/s1. The minimum Gasteiger partial charge on any atom is -0.508 e. The second kappa shape index (κ2) is 7.95. The quantitative estimate of drug-likeness (QED) is 0.490. The van der Waals surface area contributed by atoms with Crippen LogP contribution in [0.3, 0.4) is 0 Å². The van der Waals surface area contributed by atoms with Crippen LogP contribution in [0.4, 0.5) is 5.69 Å². The molecule has 2 aromatic rings. The van der Waals surface area contributed by atoms with Gasteiger partial charge >= 0.3 is 11.8 Å². The van der Waals surface area contributed by atoms with Crippen LogP contribution < -0.4 is 10.6 Å². The summed E-state index contributed by atoms with van der Waals surface area (Å²) in [6.07, 6.45) is 0.426. The first kappa shape index (κ1) is 16.5. The minimum absolute atomic E-state index is 0.0654. The number of anilines is 1. The van der Waals surface area contributed by atoms with Crippen LogP contribution in [0.15, 0.2) is 54.6 Å². The van der Waals surface area contributed by atoms with E-state index in [9.17, 15) is 19.8 Å². The highest BCUT2D eigenvalue weighted by Crippen LogP contribution is 2.13. The molecule has 0 aromatic heterocycles. The summed E-state index contributed by atoms with van der Waals surface area (Å²) in [7, 11) is 0. The molecule has 6 heteroatoms. The number of aromatic hydroxyl groups is 1. The zero-order valence-corrected chi connectivity index (χ0v) is 12.4. The average Bonchev–Trinajstić information content (AvgIpc) is 2.57. The Morgan fingerprint density at radius 2 is 1.61 bits per heavy atom. The van der Waals surface area contributed by atoms with E-state index >= 15 is 0 Å². The summed E-state index contributed by atoms with van der Waals surface area (Å²) in [6.45, 7) is -0.271. The van der Waals surface area contributed by atoms with Crippen LogP contribution >= 0.6 is 0 Å². The zero-order chi connectivity index (χ0) is 16.7. The Labute approximate surface area is 133 Å². The van der Waals surface area contributed by atoms with E-state index in [0.717, 1.165) is 5.56 Å². The molecule has 0 saturated carbocycles. The van der Waals surface area contributed by atoms with Crippen molar-refractivity contribution in [2.75, 3.05) is 11.9 Å². The predicted octanol–water partition coefficient (Wildman–Crippen LogP) is 1.05. The molecule has 0 fully saturated rings. The number of phenols is 1. The molecule has 0 aliphatic carbocycles. The van der Waals surface area contributed by atoms with Gasteiger partial charge in [-0.05, 0) is 36.2 Å². The number of nitrogens with one attached hydrogen (secondary N) is 2. The van der Waals surface area contributed by atoms with Crippen LogP contribution in [0.1, 0.15) is 5.56 Å². The first-order chi connectivity index (χ1) is 11.1. The SMILES string of the molecule is O=C(Nc1ccc(O)cc1)C(=O)N[C@H](CO)Cc1ccccc1. The van der Waals surface area contributed by atoms with E-state index < -0.39 is 17.9 Å². The molecule has 1 atom stereocenters. The topological polar surface area (TPSA) is 98.7 Å². The molecule has 2 rings (SSSR count). The Morgan fingerprint density at radius 1 is 0.957 bits per heavy atom. The van der Waals surface area contributed by atoms with Crippen molar-refractivity contribution in [3.05, 3.63) is 60.2 Å². The van der Waals surface area contributed by atoms with Gasteiger partial charge in [-0.15, -0.1) is 0 Å². The highest BCUT2D eigenvalue weighted by Gasteiger charge is 2.18. The fourth-order valence-electron chi connectivity index (χ4n) is 2.04. The van der Waals surface area contributed by atoms with Crippen molar-refractivity contribution in [3.8, 4) is 5.75 Å². The predicted molar refractivity (Wildman–Crippen MR) is 85.9 cm³/mol. The van der Waals surface area contributed by atoms with Crippen molar-refractivity contribution in [1.29, 1.82) is 0 Å². The Hall–Kier alpha value is -2.86. The van der Waals surface area contributed by atoms with Gasteiger partial charge in [0.05, 0.1) is 12.6 Å². The second-order valence-corrected chi connectivity index (χ2v) is 5.04. The number of hydrogen-bond acceptors (Lipinski definition) is 4. The highest BCUT2D eigenvalue weighted by molar-refractivity contribution is 6.39. The number of hydrogen-bond donors (Lipinski definition) is 4. The second-order valence-electron chi connectivity index (χ2n) is 5.04. The fourth-order valence-corrected chi connectivity index (χ4v) is 2.04. The van der Waals surface area contributed by atoms with Gasteiger partial charge in [0.25, 0.3) is 0 Å². The summed E-state index contributed by atoms with van der Waals surface area (Å²) < 4.78 is 0. The number of rotatable bonds is 5. The Kier molecular flexibility index (Phi) is 5.71. The number of aliphatic hydroxyl groups excluding tert-OH is 1. The normalized spacial score (nSPS) is 11.5. The fraction of sp³-hybridized carbons (Fsp3) is 0.176. The minimum atomic E-state index is -0.831. The van der Waals surface area contributed by atoms with Gasteiger partial charge in [-0.1, -0.05) is 30.3 Å². The zero-order valence-electron chi connectivity index (χ0n) is 12.4. The summed E-state index contributed by atoms with van der Waals surface area (Å²) >= 11 is 0. The maximum atomic E-state index is 11.9. The van der Waals surface area contributed by atoms with Crippen molar-refractivity contribution in [3.63, 3.8) is 0 Å². The maximum Gasteiger partial charge on any atom is 0.313 e. The largest absolute Gasteiger partial charge is 0.508 e. The molecule has 0 bridgehead atoms. The van der Waals surface area contributed by atoms with E-state index in [1.54, 1.807) is 0 Å². The molecule has 120 valence electrons. The van der Waals surface area contributed by atoms with Crippen molar-refractivity contribution in [2.45, 2.75) is 12.5 Å². The molecule has 0 spiro atoms. The summed E-state index contributed by atoms with van der Waals surface area (Å²) in [5.41, 5.74) is 1.34. The molecule has 0 radical (unpaired) electrons. The molecule has 6 nitrogen and oxygen atoms in total. The summed E-state index contributed by atoms with van der Waals surface area (Å²) in [6, 6.07) is 14.6. The van der Waals surface area contributed by atoms with E-state index in [2.05, 4.69) is 10.6 Å². The lowest BCUT2D eigenvalue weighted by Crippen LogP contribution is -2.44. The van der Waals surface area contributed by atoms with E-state index in [1.165, 1.54) is 24.3 Å². The highest BCUT2D eigenvalue weighted by atomic mass is 16.3. The molecule has 0 unspecified atom stereocenters. The van der Waals surface area contributed by atoms with Crippen LogP contribution in [-0.4, -0.2) is 34.7 Å². The molecule has 2 aromatic carbocycles. The Balaban J connectivity index is 1.90. The van der Waals surface area contributed by atoms with Gasteiger partial charge in [-0.3, -0.25) is 9.59 Å². The molecule has 23 heavy (non-hydrogen) atoms. The van der Waals surface area contributed by atoms with E-state index in [-0.39, 0.29) is 12.4 Å². The van der Waals surface area contributed by atoms with Gasteiger partial charge < -0.3 is 20.8 Å². The van der Waals surface area contributed by atoms with Crippen LogP contribution in [0, 0.1) is 0 Å². The van der Waals surface area contributed by atoms with E-state index in [4.69, 9.17) is 0 Å². The van der Waals surface area contributed by atoms with Gasteiger partial charge in [0.1, 0.15) is 5.75 Å². The van der Waals surface area contributed by atoms with Gasteiger partial charge in [0.2, 0.25) is 0 Å². The van der Waals surface area contributed by atoms with Gasteiger partial charge in [-0.25, -0.2) is 0 Å². The molecule has 0 aliphatic heterocycles. The number of benzene rings is 2. The summed E-state index contributed by atoms with van der Waals surface area (Å²) in [5.74, 6) is -1.59. The smallest absolute Gasteiger partial charge is 0.313 e. The summed E-state index contributed by atoms with van der Waals surface area (Å²) in [5, 5.41) is 23.5. The van der Waals surface area contributed by atoms with Crippen molar-refractivity contribution < 1.29 is 19.8 Å². The third-order valence-electron chi connectivity index (χ3n) is 3.21. The molecule has 4 N–H and O–H groups in total. The Morgan fingerprint density at radius 3 is 2.22 bits per heavy atom. The summed E-state index contributed by atoms with van der Waals surface area (Å²) in [4.78, 5) is 23.7. The van der Waals surface area contributed by atoms with Gasteiger partial charge in [0, 0.05) is 5.69 Å². The first-order valence-electron chi connectivity index (χ1n) is 7.14. The monoisotopic (exact) mass is 314 g/mol. The third kappa shape index (κ3) is 5.12. The lowest BCUT2D eigenvalue weighted by Gasteiger charge is -2.16. The molecule has 2 amide bonds. The van der Waals surface area contributed by atoms with Crippen LogP contribution in [0.2, 0.25) is 0 Å². The molecular formula is C17H18N2O4. The molecule has 0 heterocycles.